The monoisotopic (exact) mass is 654 g/mol. The lowest BCUT2D eigenvalue weighted by atomic mass is 10.0. The van der Waals surface area contributed by atoms with Crippen LogP contribution in [0.3, 0.4) is 0 Å². The van der Waals surface area contributed by atoms with Crippen LogP contribution < -0.4 is 5.32 Å². The molecule has 0 saturated carbocycles. The highest BCUT2D eigenvalue weighted by atomic mass is 79.9. The first-order valence-corrected chi connectivity index (χ1v) is 18.8. The van der Waals surface area contributed by atoms with Crippen molar-refractivity contribution in [3.8, 4) is 10.6 Å². The highest BCUT2D eigenvalue weighted by Gasteiger charge is 2.38. The van der Waals surface area contributed by atoms with E-state index in [9.17, 15) is 9.59 Å². The second kappa shape index (κ2) is 16.1. The lowest BCUT2D eigenvalue weighted by Crippen LogP contribution is -2.49. The maximum atomic E-state index is 12.9. The van der Waals surface area contributed by atoms with Crippen LogP contribution in [-0.2, 0) is 20.4 Å². The van der Waals surface area contributed by atoms with Gasteiger partial charge in [0.05, 0.1) is 13.7 Å². The molecule has 1 aromatic carbocycles. The van der Waals surface area contributed by atoms with Crippen LogP contribution in [0, 0.1) is 0 Å². The van der Waals surface area contributed by atoms with E-state index in [0.29, 0.717) is 0 Å². The number of benzene rings is 1. The molecule has 2 rings (SSSR count). The van der Waals surface area contributed by atoms with E-state index < -0.39 is 26.2 Å². The number of methoxy groups -OCH3 is 1. The number of amides is 1. The molecule has 0 unspecified atom stereocenters. The smallest absolute Gasteiger partial charge is 0.330 e. The molecule has 0 bridgehead atoms. The molecule has 0 radical (unpaired) electrons. The highest BCUT2D eigenvalue weighted by molar-refractivity contribution is 9.09. The predicted octanol–water partition coefficient (Wildman–Crippen LogP) is 7.75. The normalized spacial score (nSPS) is 12.7. The van der Waals surface area contributed by atoms with Crippen molar-refractivity contribution in [3.05, 3.63) is 40.9 Å². The summed E-state index contributed by atoms with van der Waals surface area (Å²) in [5.41, 5.74) is 2.49. The average molecular weight is 656 g/mol. The fourth-order valence-corrected chi connectivity index (χ4v) is 6.09. The van der Waals surface area contributed by atoms with Crippen molar-refractivity contribution in [2.45, 2.75) is 89.9 Å². The van der Waals surface area contributed by atoms with E-state index in [2.05, 4.69) is 72.2 Å². The summed E-state index contributed by atoms with van der Waals surface area (Å²) in [5.74, 6) is -0.963. The number of nitrogens with zero attached hydrogens (tertiary/aromatic N) is 1. The van der Waals surface area contributed by atoms with Crippen LogP contribution in [0.25, 0.3) is 10.6 Å². The van der Waals surface area contributed by atoms with Gasteiger partial charge in [0.15, 0.2) is 8.32 Å². The number of alkyl halides is 1. The molecule has 10 heteroatoms. The summed E-state index contributed by atoms with van der Waals surface area (Å²) in [6, 6.07) is 7.41. The minimum absolute atomic E-state index is 0.0175. The number of thiocarbonyl (C=S) groups is 1. The van der Waals surface area contributed by atoms with Gasteiger partial charge in [0.2, 0.25) is 0 Å². The molecule has 1 heterocycles. The first kappa shape index (κ1) is 33.7. The van der Waals surface area contributed by atoms with Gasteiger partial charge in [0, 0.05) is 16.3 Å². The number of ether oxygens (including phenoxy) is 1. The topological polar surface area (TPSA) is 77.5 Å². The van der Waals surface area contributed by atoms with Crippen LogP contribution in [0.5, 0.6) is 0 Å². The van der Waals surface area contributed by atoms with Crippen LogP contribution in [0.4, 0.5) is 0 Å². The standard InChI is InChI=1S/C29H43BrN2O4S2Si/c1-29(2,3)39(5,6)36-19-24(28(34)35-4)31-26(33)25-20-38-27(32-25)22-16-14-21(15-17-22)11-10-13-23(37)12-8-7-9-18-30/h14-17,20,24H,7-13,18-19H2,1-6H3,(H,31,33)/t24-/m0/s1. The van der Waals surface area contributed by atoms with Crippen molar-refractivity contribution in [1.82, 2.24) is 10.3 Å². The number of nitrogens with one attached hydrogen (secondary N) is 1. The number of aryl methyl sites for hydroxylation is 1. The van der Waals surface area contributed by atoms with Gasteiger partial charge in [-0.1, -0.05) is 79.6 Å². The minimum Gasteiger partial charge on any atom is -0.467 e. The molecule has 6 nitrogen and oxygen atoms in total. The highest BCUT2D eigenvalue weighted by Crippen LogP contribution is 2.36. The Morgan fingerprint density at radius 1 is 1.10 bits per heavy atom. The van der Waals surface area contributed by atoms with Crippen LogP contribution in [0.15, 0.2) is 29.6 Å². The van der Waals surface area contributed by atoms with Crippen molar-refractivity contribution >= 4 is 64.5 Å². The molecular weight excluding hydrogens is 612 g/mol. The van der Waals surface area contributed by atoms with Gasteiger partial charge < -0.3 is 14.5 Å². The fraction of sp³-hybridized carbons (Fsp3) is 0.586. The van der Waals surface area contributed by atoms with Crippen molar-refractivity contribution in [1.29, 1.82) is 0 Å². The third-order valence-corrected chi connectivity index (χ3v) is 13.5. The first-order chi connectivity index (χ1) is 18.4. The van der Waals surface area contributed by atoms with E-state index in [4.69, 9.17) is 21.4 Å². The summed E-state index contributed by atoms with van der Waals surface area (Å²) < 4.78 is 11.1. The van der Waals surface area contributed by atoms with Gasteiger partial charge >= 0.3 is 5.97 Å². The van der Waals surface area contributed by atoms with Crippen molar-refractivity contribution < 1.29 is 18.8 Å². The Labute approximate surface area is 252 Å². The Kier molecular flexibility index (Phi) is 13.9. The van der Waals surface area contributed by atoms with Crippen LogP contribution in [0.1, 0.15) is 75.3 Å². The van der Waals surface area contributed by atoms with E-state index >= 15 is 0 Å². The van der Waals surface area contributed by atoms with Crippen molar-refractivity contribution in [3.63, 3.8) is 0 Å². The number of esters is 1. The van der Waals surface area contributed by atoms with Crippen molar-refractivity contribution in [2.75, 3.05) is 19.0 Å². The zero-order chi connectivity index (χ0) is 29.1. The largest absolute Gasteiger partial charge is 0.467 e. The second-order valence-corrected chi connectivity index (χ2v) is 18.3. The predicted molar refractivity (Wildman–Crippen MR) is 172 cm³/mol. The lowest BCUT2D eigenvalue weighted by Gasteiger charge is -2.37. The molecule has 0 saturated heterocycles. The van der Waals surface area contributed by atoms with E-state index in [-0.39, 0.29) is 17.3 Å². The quantitative estimate of drug-likeness (QED) is 0.0655. The first-order valence-electron chi connectivity index (χ1n) is 13.5. The van der Waals surface area contributed by atoms with Crippen LogP contribution >= 0.6 is 39.5 Å². The summed E-state index contributed by atoms with van der Waals surface area (Å²) in [6.45, 7) is 10.6. The summed E-state index contributed by atoms with van der Waals surface area (Å²) >= 11 is 10.4. The number of thiazole rings is 1. The van der Waals surface area contributed by atoms with E-state index in [1.807, 2.05) is 12.1 Å². The molecule has 1 atom stereocenters. The number of hydrogen-bond acceptors (Lipinski definition) is 7. The minimum atomic E-state index is -2.10. The van der Waals surface area contributed by atoms with Gasteiger partial charge in [-0.15, -0.1) is 11.3 Å². The van der Waals surface area contributed by atoms with Gasteiger partial charge in [0.25, 0.3) is 5.91 Å². The maximum Gasteiger partial charge on any atom is 0.330 e. The zero-order valence-corrected chi connectivity index (χ0v) is 28.3. The molecule has 1 N–H and O–H groups in total. The number of halogens is 1. The Bertz CT molecular complexity index is 1080. The van der Waals surface area contributed by atoms with Gasteiger partial charge in [-0.3, -0.25) is 4.79 Å². The molecular formula is C29H43BrN2O4S2Si. The molecule has 0 spiro atoms. The molecule has 1 amide bonds. The number of carbonyl (C=O) groups is 2. The lowest BCUT2D eigenvalue weighted by molar-refractivity contribution is -0.143. The Hall–Kier alpha value is -1.46. The van der Waals surface area contributed by atoms with Gasteiger partial charge in [0.1, 0.15) is 16.7 Å². The Morgan fingerprint density at radius 2 is 1.77 bits per heavy atom. The molecule has 0 aliphatic heterocycles. The SMILES string of the molecule is COC(=O)[C@H](CO[Si](C)(C)C(C)(C)C)NC(=O)c1csc(-c2ccc(CCCC(=S)CCCCCBr)cc2)n1. The number of unbranched alkanes of at least 4 members (excludes halogenated alkanes) is 2. The third-order valence-electron chi connectivity index (χ3n) is 7.16. The fourth-order valence-electron chi connectivity index (χ4n) is 3.58. The molecule has 0 aliphatic rings. The molecule has 216 valence electrons. The number of carbonyl (C=O) groups excluding carboxylic acids is 2. The third kappa shape index (κ3) is 11.1. The number of hydrogen-bond donors (Lipinski definition) is 1. The zero-order valence-electron chi connectivity index (χ0n) is 24.1. The molecule has 39 heavy (non-hydrogen) atoms. The average Bonchev–Trinajstić information content (AvgIpc) is 3.39. The summed E-state index contributed by atoms with van der Waals surface area (Å²) in [7, 11) is -0.799. The van der Waals surface area contributed by atoms with E-state index in [1.165, 1.54) is 48.1 Å². The number of rotatable bonds is 16. The van der Waals surface area contributed by atoms with E-state index in [0.717, 1.165) is 41.6 Å². The van der Waals surface area contributed by atoms with Crippen molar-refractivity contribution in [2.24, 2.45) is 0 Å². The van der Waals surface area contributed by atoms with Crippen LogP contribution in [0.2, 0.25) is 18.1 Å². The van der Waals surface area contributed by atoms with E-state index in [1.54, 1.807) is 5.38 Å². The summed E-state index contributed by atoms with van der Waals surface area (Å²) in [4.78, 5) is 31.0. The molecule has 0 aliphatic carbocycles. The van der Waals surface area contributed by atoms with Gasteiger partial charge in [-0.2, -0.15) is 0 Å². The Balaban J connectivity index is 1.92. The second-order valence-electron chi connectivity index (χ2n) is 11.2. The molecule has 2 aromatic rings. The number of aromatic nitrogens is 1. The van der Waals surface area contributed by atoms with Crippen LogP contribution in [-0.4, -0.2) is 55.1 Å². The molecule has 1 aromatic heterocycles. The molecule has 0 fully saturated rings. The summed E-state index contributed by atoms with van der Waals surface area (Å²) in [5, 5.41) is 6.26. The van der Waals surface area contributed by atoms with Gasteiger partial charge in [-0.05, 0) is 67.1 Å². The van der Waals surface area contributed by atoms with Gasteiger partial charge in [-0.25, -0.2) is 9.78 Å². The summed E-state index contributed by atoms with van der Waals surface area (Å²) in [6.07, 6.45) is 7.69. The maximum absolute atomic E-state index is 12.9. The Morgan fingerprint density at radius 3 is 2.38 bits per heavy atom.